The van der Waals surface area contributed by atoms with Crippen LogP contribution in [0.25, 0.3) is 5.69 Å². The molecule has 0 unspecified atom stereocenters. The highest BCUT2D eigenvalue weighted by molar-refractivity contribution is 5.51. The topological polar surface area (TPSA) is 61.8 Å². The van der Waals surface area contributed by atoms with E-state index < -0.39 is 0 Å². The van der Waals surface area contributed by atoms with E-state index in [9.17, 15) is 5.26 Å². The molecule has 0 aliphatic rings. The van der Waals surface area contributed by atoms with Crippen LogP contribution in [0.4, 0.5) is 0 Å². The average Bonchev–Trinajstić information content (AvgIpc) is 2.65. The first-order valence-electron chi connectivity index (χ1n) is 5.75. The molecular weight excluding hydrogens is 226 g/mol. The lowest BCUT2D eigenvalue weighted by atomic mass is 10.1. The van der Waals surface area contributed by atoms with Crippen molar-refractivity contribution in [1.29, 1.82) is 5.26 Å². The summed E-state index contributed by atoms with van der Waals surface area (Å²) in [4.78, 5) is 0. The normalized spacial score (nSPS) is 10.4. The molecule has 1 aromatic carbocycles. The van der Waals surface area contributed by atoms with Gasteiger partial charge in [0.1, 0.15) is 6.07 Å². The molecule has 4 heteroatoms. The van der Waals surface area contributed by atoms with Crippen molar-refractivity contribution in [1.82, 2.24) is 9.78 Å². The molecule has 0 aliphatic carbocycles. The van der Waals surface area contributed by atoms with Gasteiger partial charge in [0.05, 0.1) is 23.6 Å². The summed E-state index contributed by atoms with van der Waals surface area (Å²) in [5, 5.41) is 22.7. The number of nitriles is 1. The van der Waals surface area contributed by atoms with Crippen LogP contribution in [-0.4, -0.2) is 14.9 Å². The maximum atomic E-state index is 9.19. The summed E-state index contributed by atoms with van der Waals surface area (Å²) in [5.41, 5.74) is 5.12. The molecule has 0 atom stereocenters. The third kappa shape index (κ3) is 1.89. The van der Waals surface area contributed by atoms with Crippen LogP contribution < -0.4 is 0 Å². The molecule has 2 rings (SSSR count). The summed E-state index contributed by atoms with van der Waals surface area (Å²) in [5.74, 6) is 0. The first kappa shape index (κ1) is 12.3. The number of nitrogens with zero attached hydrogens (tertiary/aromatic N) is 3. The standard InChI is InChI=1S/C14H15N3O/c1-9-10(2)16-17(11(9)3)14-5-4-12(8-18)6-13(14)7-15/h4-6,18H,8H2,1-3H3. The van der Waals surface area contributed by atoms with Gasteiger partial charge in [-0.25, -0.2) is 4.68 Å². The van der Waals surface area contributed by atoms with E-state index in [1.54, 1.807) is 10.7 Å². The van der Waals surface area contributed by atoms with E-state index in [0.29, 0.717) is 5.56 Å². The Balaban J connectivity index is 2.64. The second-order valence-corrected chi connectivity index (χ2v) is 4.33. The monoisotopic (exact) mass is 241 g/mol. The number of aliphatic hydroxyl groups is 1. The quantitative estimate of drug-likeness (QED) is 0.876. The highest BCUT2D eigenvalue weighted by Crippen LogP contribution is 2.20. The van der Waals surface area contributed by atoms with E-state index >= 15 is 0 Å². The minimum absolute atomic E-state index is 0.0644. The Kier molecular flexibility index (Phi) is 3.17. The SMILES string of the molecule is Cc1nn(-c2ccc(CO)cc2C#N)c(C)c1C. The Morgan fingerprint density at radius 3 is 2.56 bits per heavy atom. The Morgan fingerprint density at radius 2 is 2.06 bits per heavy atom. The molecule has 0 amide bonds. The van der Waals surface area contributed by atoms with Gasteiger partial charge in [0.2, 0.25) is 0 Å². The van der Waals surface area contributed by atoms with Gasteiger partial charge in [-0.15, -0.1) is 0 Å². The van der Waals surface area contributed by atoms with Gasteiger partial charge in [0.15, 0.2) is 0 Å². The van der Waals surface area contributed by atoms with Crippen LogP contribution in [0.5, 0.6) is 0 Å². The van der Waals surface area contributed by atoms with Crippen molar-refractivity contribution >= 4 is 0 Å². The van der Waals surface area contributed by atoms with Gasteiger partial charge in [-0.05, 0) is 44.0 Å². The lowest BCUT2D eigenvalue weighted by Crippen LogP contribution is -2.03. The molecule has 0 fully saturated rings. The number of aliphatic hydroxyl groups excluding tert-OH is 1. The molecule has 92 valence electrons. The molecule has 4 nitrogen and oxygen atoms in total. The predicted molar refractivity (Wildman–Crippen MR) is 68.4 cm³/mol. The third-order valence-corrected chi connectivity index (χ3v) is 3.25. The summed E-state index contributed by atoms with van der Waals surface area (Å²) in [6.07, 6.45) is 0. The maximum Gasteiger partial charge on any atom is 0.101 e. The summed E-state index contributed by atoms with van der Waals surface area (Å²) in [6, 6.07) is 7.48. The summed E-state index contributed by atoms with van der Waals surface area (Å²) in [7, 11) is 0. The zero-order valence-corrected chi connectivity index (χ0v) is 10.7. The first-order valence-corrected chi connectivity index (χ1v) is 5.75. The molecule has 0 saturated carbocycles. The van der Waals surface area contributed by atoms with Gasteiger partial charge >= 0.3 is 0 Å². The van der Waals surface area contributed by atoms with E-state index in [1.807, 2.05) is 32.9 Å². The fourth-order valence-corrected chi connectivity index (χ4v) is 1.91. The predicted octanol–water partition coefficient (Wildman–Crippen LogP) is 2.16. The lowest BCUT2D eigenvalue weighted by Gasteiger charge is -2.08. The number of aryl methyl sites for hydroxylation is 1. The highest BCUT2D eigenvalue weighted by Gasteiger charge is 2.12. The van der Waals surface area contributed by atoms with Crippen molar-refractivity contribution in [2.75, 3.05) is 0 Å². The maximum absolute atomic E-state index is 9.19. The molecule has 1 aromatic heterocycles. The zero-order valence-electron chi connectivity index (χ0n) is 10.7. The van der Waals surface area contributed by atoms with Crippen LogP contribution in [-0.2, 0) is 6.61 Å². The van der Waals surface area contributed by atoms with Crippen molar-refractivity contribution in [3.05, 3.63) is 46.3 Å². The lowest BCUT2D eigenvalue weighted by molar-refractivity contribution is 0.282. The van der Waals surface area contributed by atoms with Gasteiger partial charge < -0.3 is 5.11 Å². The van der Waals surface area contributed by atoms with Crippen LogP contribution in [0, 0.1) is 32.1 Å². The molecule has 18 heavy (non-hydrogen) atoms. The minimum atomic E-state index is -0.0644. The Bertz CT molecular complexity index is 635. The average molecular weight is 241 g/mol. The van der Waals surface area contributed by atoms with E-state index in [1.165, 1.54) is 0 Å². The van der Waals surface area contributed by atoms with Crippen LogP contribution in [0.1, 0.15) is 28.1 Å². The number of aromatic nitrogens is 2. The first-order chi connectivity index (χ1) is 8.58. The summed E-state index contributed by atoms with van der Waals surface area (Å²) < 4.78 is 1.78. The van der Waals surface area contributed by atoms with Crippen LogP contribution in [0.3, 0.4) is 0 Å². The van der Waals surface area contributed by atoms with Crippen molar-refractivity contribution in [2.45, 2.75) is 27.4 Å². The number of hydrogen-bond acceptors (Lipinski definition) is 3. The number of hydrogen-bond donors (Lipinski definition) is 1. The van der Waals surface area contributed by atoms with Crippen LogP contribution in [0.15, 0.2) is 18.2 Å². The number of rotatable bonds is 2. The van der Waals surface area contributed by atoms with Gasteiger partial charge in [0, 0.05) is 5.69 Å². The molecule has 0 saturated heterocycles. The Labute approximate surface area is 106 Å². The molecule has 1 N–H and O–H groups in total. The van der Waals surface area contributed by atoms with Crippen LogP contribution >= 0.6 is 0 Å². The fourth-order valence-electron chi connectivity index (χ4n) is 1.91. The van der Waals surface area contributed by atoms with E-state index in [4.69, 9.17) is 5.11 Å². The molecule has 0 spiro atoms. The smallest absolute Gasteiger partial charge is 0.101 e. The van der Waals surface area contributed by atoms with Gasteiger partial charge in [0.25, 0.3) is 0 Å². The molecule has 0 bridgehead atoms. The summed E-state index contributed by atoms with van der Waals surface area (Å²) >= 11 is 0. The molecule has 0 aliphatic heterocycles. The highest BCUT2D eigenvalue weighted by atomic mass is 16.3. The summed E-state index contributed by atoms with van der Waals surface area (Å²) in [6.45, 7) is 5.89. The van der Waals surface area contributed by atoms with Gasteiger partial charge in [-0.2, -0.15) is 10.4 Å². The zero-order chi connectivity index (χ0) is 13.3. The second kappa shape index (κ2) is 4.63. The van der Waals surface area contributed by atoms with Gasteiger partial charge in [-0.3, -0.25) is 0 Å². The van der Waals surface area contributed by atoms with E-state index in [2.05, 4.69) is 11.2 Å². The molecular formula is C14H15N3O. The third-order valence-electron chi connectivity index (χ3n) is 3.25. The van der Waals surface area contributed by atoms with Crippen molar-refractivity contribution in [3.8, 4) is 11.8 Å². The van der Waals surface area contributed by atoms with E-state index in [-0.39, 0.29) is 6.61 Å². The van der Waals surface area contributed by atoms with Crippen molar-refractivity contribution < 1.29 is 5.11 Å². The molecule has 0 radical (unpaired) electrons. The minimum Gasteiger partial charge on any atom is -0.392 e. The van der Waals surface area contributed by atoms with Crippen molar-refractivity contribution in [3.63, 3.8) is 0 Å². The number of benzene rings is 1. The molecule has 1 heterocycles. The Hall–Kier alpha value is -2.12. The largest absolute Gasteiger partial charge is 0.392 e. The van der Waals surface area contributed by atoms with Crippen LogP contribution in [0.2, 0.25) is 0 Å². The fraction of sp³-hybridized carbons (Fsp3) is 0.286. The van der Waals surface area contributed by atoms with Crippen molar-refractivity contribution in [2.24, 2.45) is 0 Å². The molecule has 2 aromatic rings. The Morgan fingerprint density at radius 1 is 1.33 bits per heavy atom. The van der Waals surface area contributed by atoms with E-state index in [0.717, 1.165) is 28.2 Å². The van der Waals surface area contributed by atoms with Gasteiger partial charge in [-0.1, -0.05) is 6.07 Å². The second-order valence-electron chi connectivity index (χ2n) is 4.33.